The monoisotopic (exact) mass is 427 g/mol. The van der Waals surface area contributed by atoms with Crippen molar-refractivity contribution in [2.24, 2.45) is 0 Å². The van der Waals surface area contributed by atoms with Crippen LogP contribution < -0.4 is 10.8 Å². The Labute approximate surface area is 180 Å². The fourth-order valence-electron chi connectivity index (χ4n) is 3.68. The molecule has 3 aromatic rings. The molecule has 0 atom stereocenters. The van der Waals surface area contributed by atoms with Crippen molar-refractivity contribution in [3.05, 3.63) is 41.6 Å². The van der Waals surface area contributed by atoms with Crippen LogP contribution in [0.4, 0.5) is 5.82 Å². The molecule has 0 spiro atoms. The van der Waals surface area contributed by atoms with E-state index in [0.717, 1.165) is 54.1 Å². The molecule has 2 aromatic heterocycles. The Hall–Kier alpha value is -2.19. The van der Waals surface area contributed by atoms with Gasteiger partial charge in [0.1, 0.15) is 13.7 Å². The highest BCUT2D eigenvalue weighted by atomic mass is 35.5. The maximum Gasteiger partial charge on any atom is 0.232 e. The van der Waals surface area contributed by atoms with Crippen molar-refractivity contribution in [1.82, 2.24) is 19.5 Å². The zero-order valence-corrected chi connectivity index (χ0v) is 18.1. The first-order valence-corrected chi connectivity index (χ1v) is 11.5. The van der Waals surface area contributed by atoms with Crippen molar-refractivity contribution < 1.29 is 4.79 Å². The number of rotatable bonds is 5. The molecule has 0 radical (unpaired) electrons. The molecular weight excluding hydrogens is 405 g/mol. The summed E-state index contributed by atoms with van der Waals surface area (Å²) in [4.78, 5) is 18.9. The van der Waals surface area contributed by atoms with Crippen LogP contribution >= 0.6 is 23.4 Å². The molecule has 0 saturated carbocycles. The fraction of sp³-hybridized carbons (Fsp3) is 0.350. The molecule has 4 rings (SSSR count). The Morgan fingerprint density at radius 3 is 2.83 bits per heavy atom. The molecule has 1 fully saturated rings. The van der Waals surface area contributed by atoms with E-state index in [-0.39, 0.29) is 11.9 Å². The minimum absolute atomic E-state index is 0.228. The molecule has 0 aliphatic carbocycles. The molecule has 1 aliphatic rings. The summed E-state index contributed by atoms with van der Waals surface area (Å²) in [5, 5.41) is 8.81. The predicted octanol–water partition coefficient (Wildman–Crippen LogP) is 2.07. The first-order valence-electron chi connectivity index (χ1n) is 9.70. The number of anilines is 1. The van der Waals surface area contributed by atoms with Gasteiger partial charge in [0.2, 0.25) is 5.91 Å². The summed E-state index contributed by atoms with van der Waals surface area (Å²) in [5.74, 6) is 1.68. The standard InChI is InChI=1S/C20H23BClN5OS/c1-29-12-19(28)26-8-6-13(7-9-26)24-18-10-17(14-4-2-3-5-16(14)22)25-20-15(21)11-23-27(18)20/h2-5,10-11,13,24H,6-9,12,21H2,1H3. The number of nitrogens with zero attached hydrogens (tertiary/aromatic N) is 4. The number of fused-ring (bicyclic) bond motifs is 1. The topological polar surface area (TPSA) is 62.5 Å². The van der Waals surface area contributed by atoms with E-state index in [0.29, 0.717) is 10.8 Å². The van der Waals surface area contributed by atoms with E-state index in [1.807, 2.05) is 60.0 Å². The number of halogens is 1. The number of likely N-dealkylation sites (tertiary alicyclic amines) is 1. The lowest BCUT2D eigenvalue weighted by atomic mass is 10.0. The first kappa shape index (κ1) is 20.1. The Morgan fingerprint density at radius 1 is 1.34 bits per heavy atom. The maximum atomic E-state index is 12.1. The van der Waals surface area contributed by atoms with Crippen molar-refractivity contribution >= 4 is 54.0 Å². The number of benzene rings is 1. The summed E-state index contributed by atoms with van der Waals surface area (Å²) in [6.45, 7) is 1.56. The van der Waals surface area contributed by atoms with E-state index in [1.54, 1.807) is 11.8 Å². The first-order chi connectivity index (χ1) is 14.1. The number of aromatic nitrogens is 3. The van der Waals surface area contributed by atoms with Crippen molar-refractivity contribution in [1.29, 1.82) is 0 Å². The number of nitrogens with one attached hydrogen (secondary N) is 1. The van der Waals surface area contributed by atoms with Gasteiger partial charge in [0, 0.05) is 42.0 Å². The van der Waals surface area contributed by atoms with Crippen LogP contribution in [-0.4, -0.2) is 64.4 Å². The zero-order chi connectivity index (χ0) is 20.4. The van der Waals surface area contributed by atoms with Gasteiger partial charge < -0.3 is 10.2 Å². The lowest BCUT2D eigenvalue weighted by Gasteiger charge is -2.33. The molecular formula is C20H23BClN5OS. The van der Waals surface area contributed by atoms with Gasteiger partial charge in [0.15, 0.2) is 5.65 Å². The van der Waals surface area contributed by atoms with Crippen molar-refractivity contribution in [2.75, 3.05) is 30.4 Å². The highest BCUT2D eigenvalue weighted by molar-refractivity contribution is 7.99. The molecule has 29 heavy (non-hydrogen) atoms. The molecule has 150 valence electrons. The van der Waals surface area contributed by atoms with E-state index in [4.69, 9.17) is 16.6 Å². The number of carbonyl (C=O) groups is 1. The van der Waals surface area contributed by atoms with Gasteiger partial charge in [0.05, 0.1) is 11.4 Å². The van der Waals surface area contributed by atoms with E-state index in [9.17, 15) is 4.79 Å². The summed E-state index contributed by atoms with van der Waals surface area (Å²) in [5.41, 5.74) is 3.55. The minimum atomic E-state index is 0.228. The van der Waals surface area contributed by atoms with Crippen LogP contribution in [0.3, 0.4) is 0 Å². The van der Waals surface area contributed by atoms with Crippen LogP contribution in [0.15, 0.2) is 36.5 Å². The molecule has 1 aromatic carbocycles. The molecule has 6 nitrogen and oxygen atoms in total. The van der Waals surface area contributed by atoms with E-state index in [1.165, 1.54) is 0 Å². The fourth-order valence-corrected chi connectivity index (χ4v) is 4.34. The highest BCUT2D eigenvalue weighted by Gasteiger charge is 2.23. The number of thioether (sulfide) groups is 1. The summed E-state index contributed by atoms with van der Waals surface area (Å²) < 4.78 is 1.85. The molecule has 9 heteroatoms. The number of hydrogen-bond donors (Lipinski definition) is 1. The summed E-state index contributed by atoms with van der Waals surface area (Å²) in [6, 6.07) is 10.0. The number of hydrogen-bond acceptors (Lipinski definition) is 5. The number of carbonyl (C=O) groups excluding carboxylic acids is 1. The minimum Gasteiger partial charge on any atom is -0.367 e. The van der Waals surface area contributed by atoms with Gasteiger partial charge in [-0.1, -0.05) is 29.8 Å². The molecule has 1 saturated heterocycles. The van der Waals surface area contributed by atoms with Gasteiger partial charge in [-0.2, -0.15) is 21.4 Å². The zero-order valence-electron chi connectivity index (χ0n) is 16.6. The third-order valence-corrected chi connectivity index (χ3v) is 6.13. The summed E-state index contributed by atoms with van der Waals surface area (Å²) >= 11 is 7.99. The van der Waals surface area contributed by atoms with Crippen LogP contribution in [-0.2, 0) is 4.79 Å². The number of amides is 1. The number of piperidine rings is 1. The molecule has 1 aliphatic heterocycles. The lowest BCUT2D eigenvalue weighted by molar-refractivity contribution is -0.129. The Morgan fingerprint density at radius 2 is 2.10 bits per heavy atom. The van der Waals surface area contributed by atoms with Crippen LogP contribution in [0.1, 0.15) is 12.8 Å². The summed E-state index contributed by atoms with van der Waals surface area (Å²) in [7, 11) is 2.01. The van der Waals surface area contributed by atoms with E-state index < -0.39 is 0 Å². The average Bonchev–Trinajstić information content (AvgIpc) is 3.10. The van der Waals surface area contributed by atoms with Gasteiger partial charge in [-0.3, -0.25) is 4.79 Å². The Bertz CT molecular complexity index is 1030. The van der Waals surface area contributed by atoms with Crippen molar-refractivity contribution in [3.63, 3.8) is 0 Å². The van der Waals surface area contributed by atoms with Gasteiger partial charge in [-0.15, -0.1) is 0 Å². The second-order valence-corrected chi connectivity index (χ2v) is 8.58. The quantitative estimate of drug-likeness (QED) is 0.632. The third-order valence-electron chi connectivity index (χ3n) is 5.27. The van der Waals surface area contributed by atoms with Crippen molar-refractivity contribution in [3.8, 4) is 11.3 Å². The molecule has 0 unspecified atom stereocenters. The Balaban J connectivity index is 1.59. The van der Waals surface area contributed by atoms with Crippen molar-refractivity contribution in [2.45, 2.75) is 18.9 Å². The third kappa shape index (κ3) is 4.23. The van der Waals surface area contributed by atoms with Gasteiger partial charge >= 0.3 is 0 Å². The van der Waals surface area contributed by atoms with Crippen LogP contribution in [0, 0.1) is 0 Å². The second kappa shape index (κ2) is 8.67. The van der Waals surface area contributed by atoms with Crippen LogP contribution in [0.2, 0.25) is 5.02 Å². The van der Waals surface area contributed by atoms with E-state index >= 15 is 0 Å². The van der Waals surface area contributed by atoms with Crippen LogP contribution in [0.5, 0.6) is 0 Å². The SMILES string of the molecule is Bc1cnn2c(NC3CCN(C(=O)CSC)CC3)cc(-c3ccccc3Cl)nc12. The normalized spacial score (nSPS) is 15.0. The molecule has 1 amide bonds. The lowest BCUT2D eigenvalue weighted by Crippen LogP contribution is -2.43. The smallest absolute Gasteiger partial charge is 0.232 e. The van der Waals surface area contributed by atoms with Gasteiger partial charge in [-0.25, -0.2) is 4.98 Å². The molecule has 0 bridgehead atoms. The highest BCUT2D eigenvalue weighted by Crippen LogP contribution is 2.29. The largest absolute Gasteiger partial charge is 0.367 e. The van der Waals surface area contributed by atoms with Crippen LogP contribution in [0.25, 0.3) is 16.9 Å². The van der Waals surface area contributed by atoms with E-state index in [2.05, 4.69) is 10.4 Å². The Kier molecular flexibility index (Phi) is 6.01. The summed E-state index contributed by atoms with van der Waals surface area (Å²) in [6.07, 6.45) is 5.61. The van der Waals surface area contributed by atoms with Gasteiger partial charge in [-0.05, 0) is 30.6 Å². The maximum absolute atomic E-state index is 12.1. The predicted molar refractivity (Wildman–Crippen MR) is 123 cm³/mol. The molecule has 3 heterocycles. The van der Waals surface area contributed by atoms with Gasteiger partial charge in [0.25, 0.3) is 0 Å². The second-order valence-electron chi connectivity index (χ2n) is 7.30. The molecule has 1 N–H and O–H groups in total. The average molecular weight is 428 g/mol.